The minimum atomic E-state index is -3.69. The van der Waals surface area contributed by atoms with Crippen LogP contribution in [-0.4, -0.2) is 62.7 Å². The highest BCUT2D eigenvalue weighted by Crippen LogP contribution is 2.37. The number of nitrogens with zero attached hydrogens (tertiary/aromatic N) is 3. The third-order valence-electron chi connectivity index (χ3n) is 7.80. The number of fused-ring (bicyclic) bond motifs is 1. The maximum atomic E-state index is 13.6. The zero-order valence-electron chi connectivity index (χ0n) is 20.8. The molecule has 2 amide bonds. The Morgan fingerprint density at radius 2 is 1.38 bits per heavy atom. The van der Waals surface area contributed by atoms with Crippen LogP contribution in [0.2, 0.25) is 0 Å². The highest BCUT2D eigenvalue weighted by atomic mass is 32.2. The molecule has 7 nitrogen and oxygen atoms in total. The SMILES string of the molecule is Cc1c(C)c(C)c(S(=O)(=O)N2CCN(C(=O)C3CC(=O)N(C)c4ccccc43)CC2)c(C)c1C. The van der Waals surface area contributed by atoms with Crippen LogP contribution in [0.1, 0.15) is 45.7 Å². The topological polar surface area (TPSA) is 78.0 Å². The Bertz CT molecular complexity index is 1250. The molecule has 2 aromatic rings. The average Bonchev–Trinajstić information content (AvgIpc) is 2.83. The van der Waals surface area contributed by atoms with Gasteiger partial charge in [0.25, 0.3) is 0 Å². The van der Waals surface area contributed by atoms with Crippen LogP contribution in [0.5, 0.6) is 0 Å². The summed E-state index contributed by atoms with van der Waals surface area (Å²) in [5, 5.41) is 0. The minimum Gasteiger partial charge on any atom is -0.340 e. The van der Waals surface area contributed by atoms with E-state index in [-0.39, 0.29) is 31.3 Å². The number of hydrogen-bond donors (Lipinski definition) is 0. The summed E-state index contributed by atoms with van der Waals surface area (Å²) in [5.74, 6) is -0.732. The number of benzene rings is 2. The van der Waals surface area contributed by atoms with Crippen LogP contribution < -0.4 is 4.90 Å². The molecule has 0 bridgehead atoms. The van der Waals surface area contributed by atoms with Crippen LogP contribution in [0.3, 0.4) is 0 Å². The summed E-state index contributed by atoms with van der Waals surface area (Å²) in [6.45, 7) is 10.8. The number of sulfonamides is 1. The molecule has 0 aliphatic carbocycles. The number of amides is 2. The number of hydrogen-bond acceptors (Lipinski definition) is 4. The summed E-state index contributed by atoms with van der Waals surface area (Å²) in [6, 6.07) is 7.49. The fourth-order valence-electron chi connectivity index (χ4n) is 5.21. The lowest BCUT2D eigenvalue weighted by molar-refractivity contribution is -0.136. The number of carbonyl (C=O) groups excluding carboxylic acids is 2. The fraction of sp³-hybridized carbons (Fsp3) is 0.462. The third kappa shape index (κ3) is 3.82. The van der Waals surface area contributed by atoms with Gasteiger partial charge < -0.3 is 9.80 Å². The molecule has 182 valence electrons. The van der Waals surface area contributed by atoms with Gasteiger partial charge in [-0.2, -0.15) is 4.31 Å². The molecule has 0 saturated carbocycles. The van der Waals surface area contributed by atoms with Crippen LogP contribution in [0.25, 0.3) is 0 Å². The summed E-state index contributed by atoms with van der Waals surface area (Å²) in [6.07, 6.45) is 0.130. The summed E-state index contributed by atoms with van der Waals surface area (Å²) in [7, 11) is -1.96. The van der Waals surface area contributed by atoms with Gasteiger partial charge in [0.2, 0.25) is 21.8 Å². The summed E-state index contributed by atoms with van der Waals surface area (Å²) in [4.78, 5) is 29.6. The van der Waals surface area contributed by atoms with Crippen molar-refractivity contribution in [3.05, 3.63) is 57.6 Å². The van der Waals surface area contributed by atoms with Gasteiger partial charge in [0, 0.05) is 45.3 Å². The van der Waals surface area contributed by atoms with Crippen LogP contribution in [0.4, 0.5) is 5.69 Å². The van der Waals surface area contributed by atoms with Gasteiger partial charge in [-0.1, -0.05) is 18.2 Å². The monoisotopic (exact) mass is 483 g/mol. The van der Waals surface area contributed by atoms with Crippen LogP contribution in [-0.2, 0) is 19.6 Å². The highest BCUT2D eigenvalue weighted by Gasteiger charge is 2.38. The Morgan fingerprint density at radius 1 is 0.853 bits per heavy atom. The first-order chi connectivity index (χ1) is 16.0. The number of para-hydroxylation sites is 1. The largest absolute Gasteiger partial charge is 0.340 e. The van der Waals surface area contributed by atoms with Gasteiger partial charge >= 0.3 is 0 Å². The first-order valence-corrected chi connectivity index (χ1v) is 13.1. The summed E-state index contributed by atoms with van der Waals surface area (Å²) < 4.78 is 28.8. The molecule has 2 heterocycles. The molecule has 0 spiro atoms. The van der Waals surface area contributed by atoms with E-state index in [9.17, 15) is 18.0 Å². The lowest BCUT2D eigenvalue weighted by atomic mass is 9.88. The van der Waals surface area contributed by atoms with Gasteiger partial charge in [0.1, 0.15) is 0 Å². The van der Waals surface area contributed by atoms with Crippen molar-refractivity contribution in [1.82, 2.24) is 9.21 Å². The average molecular weight is 484 g/mol. The van der Waals surface area contributed by atoms with E-state index in [2.05, 4.69) is 0 Å². The molecule has 0 N–H and O–H groups in total. The third-order valence-corrected chi connectivity index (χ3v) is 9.98. The maximum absolute atomic E-state index is 13.6. The van der Waals surface area contributed by atoms with E-state index in [1.165, 1.54) is 4.31 Å². The van der Waals surface area contributed by atoms with Crippen molar-refractivity contribution >= 4 is 27.5 Å². The zero-order chi connectivity index (χ0) is 24.9. The molecule has 0 aromatic heterocycles. The Kier molecular flexibility index (Phi) is 6.33. The minimum absolute atomic E-state index is 0.0886. The second kappa shape index (κ2) is 8.82. The van der Waals surface area contributed by atoms with E-state index in [0.29, 0.717) is 18.0 Å². The Morgan fingerprint density at radius 3 is 1.97 bits per heavy atom. The van der Waals surface area contributed by atoms with Gasteiger partial charge in [0.15, 0.2) is 0 Å². The number of anilines is 1. The first-order valence-electron chi connectivity index (χ1n) is 11.7. The fourth-order valence-corrected chi connectivity index (χ4v) is 7.20. The van der Waals surface area contributed by atoms with Gasteiger partial charge in [0.05, 0.1) is 10.8 Å². The number of carbonyl (C=O) groups is 2. The molecule has 2 aliphatic heterocycles. The second-order valence-corrected chi connectivity index (χ2v) is 11.3. The van der Waals surface area contributed by atoms with E-state index in [1.807, 2.05) is 58.9 Å². The smallest absolute Gasteiger partial charge is 0.243 e. The second-order valence-electron chi connectivity index (χ2n) is 9.45. The molecule has 34 heavy (non-hydrogen) atoms. The molecular weight excluding hydrogens is 450 g/mol. The predicted molar refractivity (Wildman–Crippen MR) is 133 cm³/mol. The zero-order valence-corrected chi connectivity index (χ0v) is 21.6. The van der Waals surface area contributed by atoms with E-state index in [0.717, 1.165) is 39.1 Å². The highest BCUT2D eigenvalue weighted by molar-refractivity contribution is 7.89. The van der Waals surface area contributed by atoms with Crippen molar-refractivity contribution in [2.24, 2.45) is 0 Å². The quantitative estimate of drug-likeness (QED) is 0.672. The molecule has 1 atom stereocenters. The van der Waals surface area contributed by atoms with E-state index < -0.39 is 15.9 Å². The summed E-state index contributed by atoms with van der Waals surface area (Å²) in [5.41, 5.74) is 6.32. The van der Waals surface area contributed by atoms with Crippen molar-refractivity contribution in [3.8, 4) is 0 Å². The Balaban J connectivity index is 1.55. The van der Waals surface area contributed by atoms with Crippen LogP contribution in [0.15, 0.2) is 29.2 Å². The molecule has 2 aliphatic rings. The van der Waals surface area contributed by atoms with Crippen molar-refractivity contribution in [3.63, 3.8) is 0 Å². The normalized spacial score (nSPS) is 19.4. The molecule has 1 fully saturated rings. The van der Waals surface area contributed by atoms with Crippen LogP contribution in [0, 0.1) is 34.6 Å². The number of rotatable bonds is 3. The van der Waals surface area contributed by atoms with Crippen molar-refractivity contribution in [2.45, 2.75) is 51.9 Å². The van der Waals surface area contributed by atoms with Crippen molar-refractivity contribution in [2.75, 3.05) is 38.1 Å². The molecule has 4 rings (SSSR count). The molecular formula is C26H33N3O4S. The molecule has 2 aromatic carbocycles. The lowest BCUT2D eigenvalue weighted by Gasteiger charge is -2.38. The van der Waals surface area contributed by atoms with Gasteiger partial charge in [-0.05, 0) is 74.1 Å². The Hall–Kier alpha value is -2.71. The lowest BCUT2D eigenvalue weighted by Crippen LogP contribution is -2.52. The van der Waals surface area contributed by atoms with E-state index >= 15 is 0 Å². The molecule has 1 unspecified atom stereocenters. The van der Waals surface area contributed by atoms with Crippen molar-refractivity contribution < 1.29 is 18.0 Å². The van der Waals surface area contributed by atoms with Gasteiger partial charge in [-0.3, -0.25) is 9.59 Å². The molecule has 1 saturated heterocycles. The Labute approximate surface area is 202 Å². The molecule has 8 heteroatoms. The standard InChI is InChI=1S/C26H33N3O4S/c1-16-17(2)19(4)25(20(5)18(16)3)34(32,33)29-13-11-28(12-14-29)26(31)22-15-24(30)27(6)23-10-8-7-9-21(22)23/h7-10,22H,11-15H2,1-6H3. The van der Waals surface area contributed by atoms with E-state index in [1.54, 1.807) is 16.8 Å². The summed E-state index contributed by atoms with van der Waals surface area (Å²) >= 11 is 0. The van der Waals surface area contributed by atoms with Gasteiger partial charge in [-0.25, -0.2) is 8.42 Å². The van der Waals surface area contributed by atoms with Crippen LogP contribution >= 0.6 is 0 Å². The van der Waals surface area contributed by atoms with Gasteiger partial charge in [-0.15, -0.1) is 0 Å². The van der Waals surface area contributed by atoms with Crippen molar-refractivity contribution in [1.29, 1.82) is 0 Å². The number of piperazine rings is 1. The predicted octanol–water partition coefficient (Wildman–Crippen LogP) is 3.21. The van der Waals surface area contributed by atoms with E-state index in [4.69, 9.17) is 0 Å². The molecule has 0 radical (unpaired) electrons. The maximum Gasteiger partial charge on any atom is 0.243 e. The first kappa shape index (κ1) is 24.4.